The molecule has 0 aliphatic heterocycles. The van der Waals surface area contributed by atoms with Crippen LogP contribution in [-0.4, -0.2) is 17.0 Å². The first-order valence-electron chi connectivity index (χ1n) is 6.64. The Bertz CT molecular complexity index is 417. The molecule has 0 radical (unpaired) electrons. The molecule has 4 nitrogen and oxygen atoms in total. The minimum Gasteiger partial charge on any atom is -0.479 e. The van der Waals surface area contributed by atoms with Gasteiger partial charge in [0.1, 0.15) is 0 Å². The molecule has 4 heteroatoms. The predicted octanol–water partition coefficient (Wildman–Crippen LogP) is 2.75. The van der Waals surface area contributed by atoms with E-state index in [1.807, 2.05) is 13.0 Å². The average molecular weight is 263 g/mol. The van der Waals surface area contributed by atoms with Crippen molar-refractivity contribution in [2.75, 3.05) is 0 Å². The summed E-state index contributed by atoms with van der Waals surface area (Å²) in [6, 6.07) is 7.77. The zero-order valence-electron chi connectivity index (χ0n) is 11.4. The second-order valence-corrected chi connectivity index (χ2v) is 4.73. The summed E-state index contributed by atoms with van der Waals surface area (Å²) < 4.78 is 0. The van der Waals surface area contributed by atoms with E-state index in [0.717, 1.165) is 19.3 Å². The van der Waals surface area contributed by atoms with Gasteiger partial charge in [0.05, 0.1) is 0 Å². The highest BCUT2D eigenvalue weighted by Gasteiger charge is 2.23. The summed E-state index contributed by atoms with van der Waals surface area (Å²) in [4.78, 5) is 23.2. The average Bonchev–Trinajstić information content (AvgIpc) is 2.42. The van der Waals surface area contributed by atoms with Crippen LogP contribution < -0.4 is 5.32 Å². The molecule has 2 N–H and O–H groups in total. The highest BCUT2D eigenvalue weighted by atomic mass is 16.4. The van der Waals surface area contributed by atoms with Crippen molar-refractivity contribution in [2.45, 2.75) is 39.2 Å². The molecule has 0 aliphatic carbocycles. The van der Waals surface area contributed by atoms with E-state index in [1.165, 1.54) is 0 Å². The number of carbonyl (C=O) groups is 2. The Morgan fingerprint density at radius 2 is 1.89 bits per heavy atom. The number of carbonyl (C=O) groups excluding carboxylic acids is 1. The maximum absolute atomic E-state index is 12.0. The number of hydrogen-bond acceptors (Lipinski definition) is 2. The largest absolute Gasteiger partial charge is 0.479 e. The van der Waals surface area contributed by atoms with Crippen LogP contribution in [0.2, 0.25) is 0 Å². The second kappa shape index (κ2) is 7.56. The van der Waals surface area contributed by atoms with Gasteiger partial charge in [-0.3, -0.25) is 4.79 Å². The number of carboxylic acids is 1. The number of hydrogen-bond donors (Lipinski definition) is 2. The number of nitrogens with one attached hydrogen (secondary N) is 1. The molecule has 1 aromatic carbocycles. The lowest BCUT2D eigenvalue weighted by Crippen LogP contribution is -2.36. The third kappa shape index (κ3) is 4.73. The number of unbranched alkanes of at least 4 members (excludes halogenated alkanes) is 1. The standard InChI is InChI=1S/C15H21NO3/c1-3-4-8-11(2)14(17)16-13(15(18)19)12-9-6-5-7-10-12/h5-7,9-11,13H,3-4,8H2,1-2H3,(H,16,17)(H,18,19)/t11?,13-/m1/s1. The summed E-state index contributed by atoms with van der Waals surface area (Å²) in [6.07, 6.45) is 2.78. The Labute approximate surface area is 113 Å². The van der Waals surface area contributed by atoms with Crippen LogP contribution in [0.3, 0.4) is 0 Å². The molecule has 0 heterocycles. The number of benzene rings is 1. The fraction of sp³-hybridized carbons (Fsp3) is 0.467. The van der Waals surface area contributed by atoms with Crippen molar-refractivity contribution >= 4 is 11.9 Å². The topological polar surface area (TPSA) is 66.4 Å². The van der Waals surface area contributed by atoms with Crippen LogP contribution in [0.25, 0.3) is 0 Å². The summed E-state index contributed by atoms with van der Waals surface area (Å²) >= 11 is 0. The van der Waals surface area contributed by atoms with Crippen LogP contribution in [0.15, 0.2) is 30.3 Å². The van der Waals surface area contributed by atoms with Gasteiger partial charge in [0.15, 0.2) is 6.04 Å². The molecular formula is C15H21NO3. The van der Waals surface area contributed by atoms with Crippen LogP contribution in [0.1, 0.15) is 44.7 Å². The summed E-state index contributed by atoms with van der Waals surface area (Å²) in [5.41, 5.74) is 0.589. The molecule has 104 valence electrons. The van der Waals surface area contributed by atoms with Gasteiger partial charge in [-0.2, -0.15) is 0 Å². The Balaban J connectivity index is 2.70. The van der Waals surface area contributed by atoms with Crippen LogP contribution in [0, 0.1) is 5.92 Å². The van der Waals surface area contributed by atoms with E-state index in [9.17, 15) is 14.7 Å². The van der Waals surface area contributed by atoms with Crippen LogP contribution in [-0.2, 0) is 9.59 Å². The van der Waals surface area contributed by atoms with Crippen molar-refractivity contribution in [2.24, 2.45) is 5.92 Å². The molecule has 0 spiro atoms. The molecule has 1 rings (SSSR count). The smallest absolute Gasteiger partial charge is 0.330 e. The summed E-state index contributed by atoms with van der Waals surface area (Å²) in [7, 11) is 0. The van der Waals surface area contributed by atoms with E-state index in [2.05, 4.69) is 12.2 Å². The molecule has 0 fully saturated rings. The summed E-state index contributed by atoms with van der Waals surface area (Å²) in [5, 5.41) is 11.8. The van der Waals surface area contributed by atoms with Crippen molar-refractivity contribution in [3.63, 3.8) is 0 Å². The fourth-order valence-electron chi connectivity index (χ4n) is 1.86. The zero-order valence-corrected chi connectivity index (χ0v) is 11.4. The van der Waals surface area contributed by atoms with E-state index in [0.29, 0.717) is 5.56 Å². The lowest BCUT2D eigenvalue weighted by molar-refractivity contribution is -0.142. The number of rotatable bonds is 7. The zero-order chi connectivity index (χ0) is 14.3. The fourth-order valence-corrected chi connectivity index (χ4v) is 1.86. The molecule has 2 atom stereocenters. The SMILES string of the molecule is CCCCC(C)C(=O)N[C@@H](C(=O)O)c1ccccc1. The Kier molecular flexibility index (Phi) is 6.06. The van der Waals surface area contributed by atoms with Gasteiger partial charge in [0, 0.05) is 5.92 Å². The summed E-state index contributed by atoms with van der Waals surface area (Å²) in [5.74, 6) is -1.41. The second-order valence-electron chi connectivity index (χ2n) is 4.73. The molecule has 0 aromatic heterocycles. The Hall–Kier alpha value is -1.84. The molecular weight excluding hydrogens is 242 g/mol. The molecule has 1 amide bonds. The van der Waals surface area contributed by atoms with Crippen LogP contribution in [0.5, 0.6) is 0 Å². The Morgan fingerprint density at radius 3 is 2.42 bits per heavy atom. The van der Waals surface area contributed by atoms with E-state index in [1.54, 1.807) is 24.3 Å². The van der Waals surface area contributed by atoms with Gasteiger partial charge in [-0.1, -0.05) is 57.0 Å². The lowest BCUT2D eigenvalue weighted by atomic mass is 10.0. The molecule has 0 bridgehead atoms. The molecule has 0 aliphatic rings. The van der Waals surface area contributed by atoms with Gasteiger partial charge in [0.25, 0.3) is 0 Å². The first-order valence-corrected chi connectivity index (χ1v) is 6.64. The molecule has 1 aromatic rings. The minimum atomic E-state index is -1.04. The molecule has 0 saturated heterocycles. The third-order valence-electron chi connectivity index (χ3n) is 3.10. The van der Waals surface area contributed by atoms with E-state index in [-0.39, 0.29) is 11.8 Å². The monoisotopic (exact) mass is 263 g/mol. The maximum atomic E-state index is 12.0. The lowest BCUT2D eigenvalue weighted by Gasteiger charge is -2.18. The number of carboxylic acid groups (broad SMARTS) is 1. The highest BCUT2D eigenvalue weighted by Crippen LogP contribution is 2.15. The van der Waals surface area contributed by atoms with Gasteiger partial charge in [-0.15, -0.1) is 0 Å². The number of amides is 1. The van der Waals surface area contributed by atoms with E-state index >= 15 is 0 Å². The molecule has 0 saturated carbocycles. The maximum Gasteiger partial charge on any atom is 0.330 e. The van der Waals surface area contributed by atoms with E-state index in [4.69, 9.17) is 0 Å². The highest BCUT2D eigenvalue weighted by molar-refractivity contribution is 5.85. The normalized spacial score (nSPS) is 13.6. The summed E-state index contributed by atoms with van der Waals surface area (Å²) in [6.45, 7) is 3.89. The van der Waals surface area contributed by atoms with Crippen molar-refractivity contribution in [3.05, 3.63) is 35.9 Å². The van der Waals surface area contributed by atoms with Crippen molar-refractivity contribution in [1.82, 2.24) is 5.32 Å². The van der Waals surface area contributed by atoms with Crippen molar-refractivity contribution in [3.8, 4) is 0 Å². The van der Waals surface area contributed by atoms with Crippen LogP contribution in [0.4, 0.5) is 0 Å². The first kappa shape index (κ1) is 15.2. The van der Waals surface area contributed by atoms with Gasteiger partial charge in [-0.25, -0.2) is 4.79 Å². The first-order chi connectivity index (χ1) is 9.06. The van der Waals surface area contributed by atoms with Gasteiger partial charge in [-0.05, 0) is 12.0 Å². The van der Waals surface area contributed by atoms with E-state index < -0.39 is 12.0 Å². The Morgan fingerprint density at radius 1 is 1.26 bits per heavy atom. The predicted molar refractivity (Wildman–Crippen MR) is 73.7 cm³/mol. The quantitative estimate of drug-likeness (QED) is 0.795. The van der Waals surface area contributed by atoms with Crippen molar-refractivity contribution in [1.29, 1.82) is 0 Å². The van der Waals surface area contributed by atoms with Gasteiger partial charge in [0.2, 0.25) is 5.91 Å². The van der Waals surface area contributed by atoms with Crippen molar-refractivity contribution < 1.29 is 14.7 Å². The van der Waals surface area contributed by atoms with Gasteiger partial charge < -0.3 is 10.4 Å². The third-order valence-corrected chi connectivity index (χ3v) is 3.10. The molecule has 1 unspecified atom stereocenters. The van der Waals surface area contributed by atoms with Crippen LogP contribution >= 0.6 is 0 Å². The van der Waals surface area contributed by atoms with Gasteiger partial charge >= 0.3 is 5.97 Å². The minimum absolute atomic E-state index is 0.162. The molecule has 19 heavy (non-hydrogen) atoms. The number of aliphatic carboxylic acids is 1.